The molecule has 2 N–H and O–H groups in total. The molecule has 98 valence electrons. The van der Waals surface area contributed by atoms with E-state index in [1.165, 1.54) is 12.1 Å². The average molecular weight is 251 g/mol. The van der Waals surface area contributed by atoms with Gasteiger partial charge in [-0.25, -0.2) is 4.39 Å². The minimum Gasteiger partial charge on any atom is -0.388 e. The van der Waals surface area contributed by atoms with E-state index in [1.54, 1.807) is 13.8 Å². The third-order valence-electron chi connectivity index (χ3n) is 3.53. The Morgan fingerprint density at radius 3 is 2.72 bits per heavy atom. The van der Waals surface area contributed by atoms with Gasteiger partial charge in [-0.2, -0.15) is 0 Å². The number of carbonyl (C=O) groups is 1. The number of benzene rings is 1. The second kappa shape index (κ2) is 4.35. The Labute approximate surface area is 106 Å². The van der Waals surface area contributed by atoms with Gasteiger partial charge in [-0.05, 0) is 38.0 Å². The van der Waals surface area contributed by atoms with Crippen molar-refractivity contribution in [3.05, 3.63) is 29.1 Å². The van der Waals surface area contributed by atoms with E-state index in [2.05, 4.69) is 5.32 Å². The topological polar surface area (TPSA) is 49.3 Å². The van der Waals surface area contributed by atoms with Gasteiger partial charge in [-0.1, -0.05) is 13.3 Å². The predicted molar refractivity (Wildman–Crippen MR) is 67.9 cm³/mol. The standard InChI is InChI=1S/C14H18FNO2/c1-4-5-11(17)9-6-8(15)7-10-12(9)16-13(18)14(10,2)3/h6-7,11,17H,4-5H2,1-3H3,(H,16,18). The summed E-state index contributed by atoms with van der Waals surface area (Å²) in [5, 5.41) is 12.8. The molecule has 2 rings (SSSR count). The van der Waals surface area contributed by atoms with Crippen LogP contribution in [0.2, 0.25) is 0 Å². The van der Waals surface area contributed by atoms with Crippen LogP contribution in [0.15, 0.2) is 12.1 Å². The van der Waals surface area contributed by atoms with Crippen LogP contribution in [0.1, 0.15) is 50.8 Å². The van der Waals surface area contributed by atoms with Crippen LogP contribution in [0.25, 0.3) is 0 Å². The Balaban J connectivity index is 2.56. The Morgan fingerprint density at radius 2 is 2.11 bits per heavy atom. The maximum absolute atomic E-state index is 13.6. The molecule has 1 amide bonds. The lowest BCUT2D eigenvalue weighted by Crippen LogP contribution is -2.26. The third kappa shape index (κ3) is 1.90. The fourth-order valence-electron chi connectivity index (χ4n) is 2.34. The molecule has 0 aliphatic carbocycles. The molecule has 0 bridgehead atoms. The Kier molecular flexibility index (Phi) is 3.15. The SMILES string of the molecule is CCCC(O)c1cc(F)cc2c1NC(=O)C2(C)C. The summed E-state index contributed by atoms with van der Waals surface area (Å²) >= 11 is 0. The minimum absolute atomic E-state index is 0.159. The van der Waals surface area contributed by atoms with Crippen molar-refractivity contribution in [3.63, 3.8) is 0 Å². The van der Waals surface area contributed by atoms with Crippen LogP contribution in [-0.2, 0) is 10.2 Å². The molecule has 0 saturated heterocycles. The molecule has 1 aromatic rings. The van der Waals surface area contributed by atoms with Crippen molar-refractivity contribution in [2.24, 2.45) is 0 Å². The monoisotopic (exact) mass is 251 g/mol. The van der Waals surface area contributed by atoms with Gasteiger partial charge in [0.25, 0.3) is 0 Å². The molecule has 1 aliphatic rings. The van der Waals surface area contributed by atoms with E-state index in [9.17, 15) is 14.3 Å². The number of halogens is 1. The number of anilines is 1. The first-order chi connectivity index (χ1) is 8.37. The van der Waals surface area contributed by atoms with E-state index in [1.807, 2.05) is 6.92 Å². The molecular formula is C14H18FNO2. The molecule has 4 heteroatoms. The molecule has 1 atom stereocenters. The maximum Gasteiger partial charge on any atom is 0.234 e. The second-order valence-electron chi connectivity index (χ2n) is 5.30. The zero-order valence-electron chi connectivity index (χ0n) is 10.9. The number of fused-ring (bicyclic) bond motifs is 1. The highest BCUT2D eigenvalue weighted by molar-refractivity contribution is 6.06. The molecule has 0 spiro atoms. The normalized spacial score (nSPS) is 18.4. The van der Waals surface area contributed by atoms with Gasteiger partial charge in [0, 0.05) is 5.56 Å². The van der Waals surface area contributed by atoms with Crippen molar-refractivity contribution >= 4 is 11.6 Å². The number of amides is 1. The van der Waals surface area contributed by atoms with Gasteiger partial charge in [0.15, 0.2) is 0 Å². The van der Waals surface area contributed by atoms with Gasteiger partial charge in [0.05, 0.1) is 17.2 Å². The van der Waals surface area contributed by atoms with Crippen molar-refractivity contribution in [3.8, 4) is 0 Å². The molecule has 1 aliphatic heterocycles. The fraction of sp³-hybridized carbons (Fsp3) is 0.500. The van der Waals surface area contributed by atoms with Gasteiger partial charge in [-0.15, -0.1) is 0 Å². The molecule has 18 heavy (non-hydrogen) atoms. The van der Waals surface area contributed by atoms with Crippen LogP contribution in [-0.4, -0.2) is 11.0 Å². The summed E-state index contributed by atoms with van der Waals surface area (Å²) in [6, 6.07) is 2.68. The van der Waals surface area contributed by atoms with Crippen molar-refractivity contribution in [1.29, 1.82) is 0 Å². The summed E-state index contributed by atoms with van der Waals surface area (Å²) in [5.41, 5.74) is 0.925. The molecular weight excluding hydrogens is 233 g/mol. The number of carbonyl (C=O) groups excluding carboxylic acids is 1. The molecule has 1 unspecified atom stereocenters. The van der Waals surface area contributed by atoms with Crippen LogP contribution in [0, 0.1) is 5.82 Å². The van der Waals surface area contributed by atoms with Crippen LogP contribution < -0.4 is 5.32 Å². The molecule has 3 nitrogen and oxygen atoms in total. The summed E-state index contributed by atoms with van der Waals surface area (Å²) in [7, 11) is 0. The highest BCUT2D eigenvalue weighted by atomic mass is 19.1. The van der Waals surface area contributed by atoms with Crippen LogP contribution in [0.5, 0.6) is 0 Å². The lowest BCUT2D eigenvalue weighted by atomic mass is 9.84. The third-order valence-corrected chi connectivity index (χ3v) is 3.53. The lowest BCUT2D eigenvalue weighted by Gasteiger charge is -2.17. The van der Waals surface area contributed by atoms with Gasteiger partial charge in [0.1, 0.15) is 5.82 Å². The summed E-state index contributed by atoms with van der Waals surface area (Å²) < 4.78 is 13.6. The summed E-state index contributed by atoms with van der Waals surface area (Å²) in [5.74, 6) is -0.573. The van der Waals surface area contributed by atoms with E-state index in [-0.39, 0.29) is 5.91 Å². The summed E-state index contributed by atoms with van der Waals surface area (Å²) in [6.07, 6.45) is 0.601. The second-order valence-corrected chi connectivity index (χ2v) is 5.30. The number of rotatable bonds is 3. The van der Waals surface area contributed by atoms with Crippen molar-refractivity contribution < 1.29 is 14.3 Å². The zero-order valence-corrected chi connectivity index (χ0v) is 10.9. The van der Waals surface area contributed by atoms with Gasteiger partial charge in [0.2, 0.25) is 5.91 Å². The van der Waals surface area contributed by atoms with Crippen LogP contribution >= 0.6 is 0 Å². The van der Waals surface area contributed by atoms with Gasteiger partial charge >= 0.3 is 0 Å². The van der Waals surface area contributed by atoms with E-state index >= 15 is 0 Å². The molecule has 0 radical (unpaired) electrons. The largest absolute Gasteiger partial charge is 0.388 e. The quantitative estimate of drug-likeness (QED) is 0.867. The highest BCUT2D eigenvalue weighted by Gasteiger charge is 2.40. The zero-order chi connectivity index (χ0) is 13.5. The Bertz CT molecular complexity index is 497. The smallest absolute Gasteiger partial charge is 0.234 e. The maximum atomic E-state index is 13.6. The van der Waals surface area contributed by atoms with Crippen LogP contribution in [0.4, 0.5) is 10.1 Å². The number of hydrogen-bond acceptors (Lipinski definition) is 2. The first-order valence-electron chi connectivity index (χ1n) is 6.21. The Morgan fingerprint density at radius 1 is 1.44 bits per heavy atom. The molecule has 0 saturated carbocycles. The van der Waals surface area contributed by atoms with Gasteiger partial charge < -0.3 is 10.4 Å². The number of aliphatic hydroxyl groups is 1. The molecule has 0 fully saturated rings. The molecule has 1 aromatic carbocycles. The van der Waals surface area contributed by atoms with E-state index in [0.717, 1.165) is 6.42 Å². The average Bonchev–Trinajstić information content (AvgIpc) is 2.51. The van der Waals surface area contributed by atoms with Gasteiger partial charge in [-0.3, -0.25) is 4.79 Å². The number of nitrogens with one attached hydrogen (secondary N) is 1. The predicted octanol–water partition coefficient (Wildman–Crippen LogP) is 2.89. The number of aliphatic hydroxyl groups excluding tert-OH is 1. The van der Waals surface area contributed by atoms with Crippen molar-refractivity contribution in [2.45, 2.75) is 45.1 Å². The summed E-state index contributed by atoms with van der Waals surface area (Å²) in [4.78, 5) is 11.9. The van der Waals surface area contributed by atoms with E-state index in [0.29, 0.717) is 23.2 Å². The number of hydrogen-bond donors (Lipinski definition) is 2. The van der Waals surface area contributed by atoms with Crippen LogP contribution in [0.3, 0.4) is 0 Å². The molecule has 1 heterocycles. The minimum atomic E-state index is -0.752. The fourth-order valence-corrected chi connectivity index (χ4v) is 2.34. The first kappa shape index (κ1) is 13.0. The molecule has 0 aromatic heterocycles. The highest BCUT2D eigenvalue weighted by Crippen LogP contribution is 2.42. The van der Waals surface area contributed by atoms with E-state index < -0.39 is 17.3 Å². The lowest BCUT2D eigenvalue weighted by molar-refractivity contribution is -0.119. The Hall–Kier alpha value is -1.42. The first-order valence-corrected chi connectivity index (χ1v) is 6.21. The van der Waals surface area contributed by atoms with Crippen molar-refractivity contribution in [1.82, 2.24) is 0 Å². The summed E-state index contributed by atoms with van der Waals surface area (Å²) in [6.45, 7) is 5.46. The van der Waals surface area contributed by atoms with Crippen molar-refractivity contribution in [2.75, 3.05) is 5.32 Å². The van der Waals surface area contributed by atoms with E-state index in [4.69, 9.17) is 0 Å².